The Morgan fingerprint density at radius 2 is 2.26 bits per heavy atom. The molecular formula is C16H18BrN3O2S. The van der Waals surface area contributed by atoms with Gasteiger partial charge in [0, 0.05) is 17.6 Å². The highest BCUT2D eigenvalue weighted by atomic mass is 79.9. The molecule has 5 nitrogen and oxygen atoms in total. The van der Waals surface area contributed by atoms with Crippen molar-refractivity contribution in [3.63, 3.8) is 0 Å². The Kier molecular flexibility index (Phi) is 5.40. The Balaban J connectivity index is 1.56. The highest BCUT2D eigenvalue weighted by molar-refractivity contribution is 9.10. The van der Waals surface area contributed by atoms with Gasteiger partial charge in [0.05, 0.1) is 30.4 Å². The van der Waals surface area contributed by atoms with E-state index in [0.29, 0.717) is 25.4 Å². The maximum atomic E-state index is 12.2. The quantitative estimate of drug-likeness (QED) is 0.807. The van der Waals surface area contributed by atoms with Crippen molar-refractivity contribution in [1.29, 1.82) is 0 Å². The lowest BCUT2D eigenvalue weighted by Crippen LogP contribution is -2.45. The van der Waals surface area contributed by atoms with Crippen LogP contribution in [0.3, 0.4) is 0 Å². The molecule has 1 aromatic heterocycles. The van der Waals surface area contributed by atoms with Gasteiger partial charge < -0.3 is 14.6 Å². The molecule has 122 valence electrons. The van der Waals surface area contributed by atoms with Crippen LogP contribution in [0.15, 0.2) is 40.1 Å². The fourth-order valence-electron chi connectivity index (χ4n) is 2.42. The second-order valence-corrected chi connectivity index (χ2v) is 7.30. The number of halogens is 1. The molecule has 0 radical (unpaired) electrons. The molecule has 2 aromatic rings. The van der Waals surface area contributed by atoms with Crippen molar-refractivity contribution in [2.75, 3.05) is 25.4 Å². The molecule has 1 fully saturated rings. The number of hydrogen-bond acceptors (Lipinski definition) is 4. The van der Waals surface area contributed by atoms with Crippen LogP contribution in [0.5, 0.6) is 0 Å². The van der Waals surface area contributed by atoms with Gasteiger partial charge in [0.2, 0.25) is 5.91 Å². The number of nitrogens with one attached hydrogen (secondary N) is 1. The van der Waals surface area contributed by atoms with E-state index in [1.54, 1.807) is 6.20 Å². The molecule has 0 aliphatic carbocycles. The van der Waals surface area contributed by atoms with Gasteiger partial charge in [0.25, 0.3) is 0 Å². The lowest BCUT2D eigenvalue weighted by atomic mass is 10.2. The zero-order valence-electron chi connectivity index (χ0n) is 12.8. The van der Waals surface area contributed by atoms with Crippen molar-refractivity contribution in [3.8, 4) is 11.3 Å². The summed E-state index contributed by atoms with van der Waals surface area (Å²) in [7, 11) is 0. The van der Waals surface area contributed by atoms with Crippen molar-refractivity contribution in [1.82, 2.24) is 14.9 Å². The van der Waals surface area contributed by atoms with Crippen molar-refractivity contribution in [2.45, 2.75) is 18.2 Å². The topological polar surface area (TPSA) is 58.2 Å². The van der Waals surface area contributed by atoms with Crippen LogP contribution in [0, 0.1) is 0 Å². The van der Waals surface area contributed by atoms with E-state index in [4.69, 9.17) is 4.74 Å². The minimum absolute atomic E-state index is 0.116. The van der Waals surface area contributed by atoms with Crippen LogP contribution >= 0.6 is 27.7 Å². The molecule has 1 saturated heterocycles. The molecule has 1 N–H and O–H groups in total. The Hall–Kier alpha value is -1.31. The van der Waals surface area contributed by atoms with Gasteiger partial charge in [0.15, 0.2) is 5.16 Å². The van der Waals surface area contributed by atoms with Gasteiger partial charge in [-0.3, -0.25) is 4.79 Å². The molecule has 2 heterocycles. The number of thioether (sulfide) groups is 1. The normalized spacial score (nSPS) is 18.2. The minimum Gasteiger partial charge on any atom is -0.375 e. The molecular weight excluding hydrogens is 378 g/mol. The molecule has 1 aromatic carbocycles. The summed E-state index contributed by atoms with van der Waals surface area (Å²) in [4.78, 5) is 21.7. The third-order valence-electron chi connectivity index (χ3n) is 3.63. The molecule has 1 amide bonds. The fraction of sp³-hybridized carbons (Fsp3) is 0.375. The lowest BCUT2D eigenvalue weighted by Gasteiger charge is -2.31. The average molecular weight is 396 g/mol. The van der Waals surface area contributed by atoms with Gasteiger partial charge >= 0.3 is 0 Å². The van der Waals surface area contributed by atoms with E-state index in [2.05, 4.69) is 25.9 Å². The lowest BCUT2D eigenvalue weighted by molar-refractivity contribution is -0.135. The first kappa shape index (κ1) is 16.5. The molecule has 0 spiro atoms. The Labute approximate surface area is 147 Å². The number of hydrogen-bond donors (Lipinski definition) is 1. The maximum absolute atomic E-state index is 12.2. The van der Waals surface area contributed by atoms with Crippen LogP contribution < -0.4 is 0 Å². The second-order valence-electron chi connectivity index (χ2n) is 5.42. The predicted molar refractivity (Wildman–Crippen MR) is 94.4 cm³/mol. The molecule has 0 unspecified atom stereocenters. The fourth-order valence-corrected chi connectivity index (χ4v) is 3.44. The summed E-state index contributed by atoms with van der Waals surface area (Å²) in [5.41, 5.74) is 2.02. The summed E-state index contributed by atoms with van der Waals surface area (Å²) < 4.78 is 6.50. The Morgan fingerprint density at radius 1 is 1.48 bits per heavy atom. The number of rotatable bonds is 4. The number of nitrogens with zero attached hydrogens (tertiary/aromatic N) is 2. The zero-order valence-corrected chi connectivity index (χ0v) is 15.2. The van der Waals surface area contributed by atoms with Gasteiger partial charge in [-0.1, -0.05) is 39.8 Å². The Bertz CT molecular complexity index is 674. The summed E-state index contributed by atoms with van der Waals surface area (Å²) in [5.74, 6) is 0.520. The predicted octanol–water partition coefficient (Wildman–Crippen LogP) is 3.18. The first-order valence-electron chi connectivity index (χ1n) is 7.45. The monoisotopic (exact) mass is 395 g/mol. The van der Waals surface area contributed by atoms with Crippen LogP contribution in [0.4, 0.5) is 0 Å². The van der Waals surface area contributed by atoms with E-state index in [0.717, 1.165) is 20.9 Å². The molecule has 1 atom stereocenters. The van der Waals surface area contributed by atoms with Gasteiger partial charge in [0.1, 0.15) is 0 Å². The van der Waals surface area contributed by atoms with Gasteiger partial charge in [-0.2, -0.15) is 0 Å². The van der Waals surface area contributed by atoms with Crippen LogP contribution in [-0.4, -0.2) is 52.3 Å². The number of ether oxygens (including phenoxy) is 1. The summed E-state index contributed by atoms with van der Waals surface area (Å²) in [5, 5.41) is 0.762. The minimum atomic E-state index is 0.116. The zero-order chi connectivity index (χ0) is 16.2. The number of benzene rings is 1. The van der Waals surface area contributed by atoms with E-state index in [1.807, 2.05) is 36.1 Å². The molecule has 1 aliphatic heterocycles. The molecule has 0 bridgehead atoms. The number of aromatic amines is 1. The second kappa shape index (κ2) is 7.51. The van der Waals surface area contributed by atoms with E-state index in [-0.39, 0.29) is 12.0 Å². The first-order valence-corrected chi connectivity index (χ1v) is 9.23. The van der Waals surface area contributed by atoms with E-state index < -0.39 is 0 Å². The number of aromatic nitrogens is 2. The molecule has 0 saturated carbocycles. The molecule has 1 aliphatic rings. The number of H-pyrrole nitrogens is 1. The molecule has 23 heavy (non-hydrogen) atoms. The molecule has 3 rings (SSSR count). The van der Waals surface area contributed by atoms with Crippen LogP contribution in [-0.2, 0) is 9.53 Å². The van der Waals surface area contributed by atoms with Crippen molar-refractivity contribution in [3.05, 3.63) is 34.9 Å². The first-order chi connectivity index (χ1) is 11.1. The number of carbonyl (C=O) groups excluding carboxylic acids is 1. The van der Waals surface area contributed by atoms with Crippen molar-refractivity contribution < 1.29 is 9.53 Å². The smallest absolute Gasteiger partial charge is 0.233 e. The number of imidazole rings is 1. The van der Waals surface area contributed by atoms with E-state index in [1.165, 1.54) is 11.8 Å². The standard InChI is InChI=1S/C16H18BrN3O2S/c1-11-9-20(6-7-22-11)15(21)10-23-16-18-8-14(19-16)12-2-4-13(17)5-3-12/h2-5,8,11H,6-7,9-10H2,1H3,(H,18,19)/t11-/m1/s1. The van der Waals surface area contributed by atoms with Crippen LogP contribution in [0.1, 0.15) is 6.92 Å². The average Bonchev–Trinajstić information content (AvgIpc) is 3.02. The summed E-state index contributed by atoms with van der Waals surface area (Å²) in [6, 6.07) is 8.02. The van der Waals surface area contributed by atoms with Gasteiger partial charge in [-0.25, -0.2) is 4.98 Å². The SMILES string of the molecule is C[C@@H]1CN(C(=O)CSc2ncc(-c3ccc(Br)cc3)[nH]2)CCO1. The van der Waals surface area contributed by atoms with Gasteiger partial charge in [-0.05, 0) is 24.6 Å². The number of amides is 1. The summed E-state index contributed by atoms with van der Waals surface area (Å²) >= 11 is 4.86. The largest absolute Gasteiger partial charge is 0.375 e. The van der Waals surface area contributed by atoms with Crippen molar-refractivity contribution >= 4 is 33.6 Å². The van der Waals surface area contributed by atoms with E-state index >= 15 is 0 Å². The van der Waals surface area contributed by atoms with Crippen LogP contribution in [0.25, 0.3) is 11.3 Å². The van der Waals surface area contributed by atoms with E-state index in [9.17, 15) is 4.79 Å². The molecule has 7 heteroatoms. The van der Waals surface area contributed by atoms with Crippen molar-refractivity contribution in [2.24, 2.45) is 0 Å². The summed E-state index contributed by atoms with van der Waals surface area (Å²) in [6.45, 7) is 3.95. The maximum Gasteiger partial charge on any atom is 0.233 e. The number of morpholine rings is 1. The highest BCUT2D eigenvalue weighted by Gasteiger charge is 2.21. The van der Waals surface area contributed by atoms with Gasteiger partial charge in [-0.15, -0.1) is 0 Å². The third-order valence-corrected chi connectivity index (χ3v) is 5.03. The summed E-state index contributed by atoms with van der Waals surface area (Å²) in [6.07, 6.45) is 1.91. The third kappa shape index (κ3) is 4.37. The van der Waals surface area contributed by atoms with Crippen LogP contribution in [0.2, 0.25) is 0 Å². The highest BCUT2D eigenvalue weighted by Crippen LogP contribution is 2.23. The number of carbonyl (C=O) groups is 1. The Morgan fingerprint density at radius 3 is 3.00 bits per heavy atom.